The number of methoxy groups -OCH3 is 1. The molecule has 2 N–H and O–H groups in total. The van der Waals surface area contributed by atoms with Gasteiger partial charge in [0.1, 0.15) is 28.6 Å². The van der Waals surface area contributed by atoms with Crippen LogP contribution in [0.2, 0.25) is 0 Å². The molecule has 1 amide bonds. The molecule has 2 heterocycles. The second-order valence-corrected chi connectivity index (χ2v) is 9.33. The Morgan fingerprint density at radius 3 is 2.92 bits per heavy atom. The summed E-state index contributed by atoms with van der Waals surface area (Å²) in [5, 5.41) is 12.8. The van der Waals surface area contributed by atoms with Gasteiger partial charge < -0.3 is 19.0 Å². The van der Waals surface area contributed by atoms with Crippen molar-refractivity contribution >= 4 is 45.2 Å². The molecule has 9 nitrogen and oxygen atoms in total. The number of amides is 1. The number of halogens is 2. The predicted molar refractivity (Wildman–Crippen MR) is 139 cm³/mol. The van der Waals surface area contributed by atoms with Gasteiger partial charge in [-0.05, 0) is 65.5 Å². The van der Waals surface area contributed by atoms with E-state index in [1.54, 1.807) is 6.08 Å². The number of aromatic nitrogens is 1. The van der Waals surface area contributed by atoms with Crippen LogP contribution < -0.4 is 15.7 Å². The normalized spacial score (nSPS) is 13.1. The molecule has 0 aliphatic carbocycles. The van der Waals surface area contributed by atoms with Crippen molar-refractivity contribution in [2.45, 2.75) is 26.2 Å². The van der Waals surface area contributed by atoms with E-state index in [1.807, 2.05) is 0 Å². The summed E-state index contributed by atoms with van der Waals surface area (Å²) in [5.41, 5.74) is -1.36. The lowest BCUT2D eigenvalue weighted by Crippen LogP contribution is -2.16. The highest BCUT2D eigenvalue weighted by molar-refractivity contribution is 9.10. The maximum absolute atomic E-state index is 13.4. The third-order valence-corrected chi connectivity index (χ3v) is 6.16. The van der Waals surface area contributed by atoms with E-state index in [0.29, 0.717) is 23.5 Å². The van der Waals surface area contributed by atoms with E-state index in [4.69, 9.17) is 13.3 Å². The highest BCUT2D eigenvalue weighted by atomic mass is 79.9. The molecule has 0 aliphatic heterocycles. The first kappa shape index (κ1) is 23.6. The molecule has 0 spiro atoms. The molecule has 37 heavy (non-hydrogen) atoms. The topological polar surface area (TPSA) is 128 Å². The third kappa shape index (κ3) is 7.86. The van der Waals surface area contributed by atoms with Crippen LogP contribution in [0.3, 0.4) is 0 Å². The third-order valence-electron chi connectivity index (χ3n) is 4.73. The predicted octanol–water partition coefficient (Wildman–Crippen LogP) is 5.97. The lowest BCUT2D eigenvalue weighted by molar-refractivity contribution is 0.102. The van der Waals surface area contributed by atoms with Gasteiger partial charge in [-0.2, -0.15) is 0 Å². The average Bonchev–Trinajstić information content (AvgIpc) is 3.28. The van der Waals surface area contributed by atoms with E-state index in [2.05, 4.69) is 31.0 Å². The second kappa shape index (κ2) is 13.0. The summed E-state index contributed by atoms with van der Waals surface area (Å²) in [6.45, 7) is 1.47. The van der Waals surface area contributed by atoms with Gasteiger partial charge in [-0.1, -0.05) is 17.4 Å². The van der Waals surface area contributed by atoms with E-state index in [-0.39, 0.29) is 27.4 Å². The number of benzene rings is 1. The van der Waals surface area contributed by atoms with Crippen LogP contribution in [0.25, 0.3) is 6.08 Å². The number of rotatable bonds is 10. The summed E-state index contributed by atoms with van der Waals surface area (Å²) in [6, 6.07) is 5.32. The smallest absolute Gasteiger partial charge is 0.410 e. The van der Waals surface area contributed by atoms with Crippen molar-refractivity contribution in [3.8, 4) is 16.7 Å². The minimum absolute atomic E-state index is 0.143. The van der Waals surface area contributed by atoms with Gasteiger partial charge in [0.25, 0.3) is 5.19 Å². The molecule has 0 unspecified atom stereocenters. The zero-order chi connectivity index (χ0) is 29.4. The molecular formula is C25H22BrFN2O7S. The number of hydrogen-bond acceptors (Lipinski definition) is 9. The number of carbonyl (C=O) groups excluding carboxylic acids is 2. The van der Waals surface area contributed by atoms with Gasteiger partial charge in [-0.3, -0.25) is 10.1 Å². The van der Waals surface area contributed by atoms with Crippen molar-refractivity contribution in [3.63, 3.8) is 0 Å². The standard InChI is InChI=1S/C25H22BrFN2O7S/c1-14(10-17-13-29-25(37-17)36-16-7-8-19(27)18(26)11-16)22(31)21-20(30)12-15(35-23(21)32)6-4-3-5-9-28-24(33)34-2/h5,7-13,30H,3-4,6H2,1-2H3,(H,28,33)/b9-5+,14-10?/i2D3. The maximum Gasteiger partial charge on any atom is 0.410 e. The molecule has 3 aromatic rings. The molecular weight excluding hydrogens is 571 g/mol. The second-order valence-electron chi connectivity index (χ2n) is 7.45. The molecule has 0 atom stereocenters. The number of carbonyl (C=O) groups is 2. The van der Waals surface area contributed by atoms with Crippen molar-refractivity contribution < 1.29 is 37.1 Å². The Balaban J connectivity index is 1.58. The van der Waals surface area contributed by atoms with Gasteiger partial charge in [-0.25, -0.2) is 19.0 Å². The quantitative estimate of drug-likeness (QED) is 0.166. The Kier molecular flexibility index (Phi) is 8.28. The fraction of sp³-hybridized carbons (Fsp3) is 0.200. The minimum atomic E-state index is -2.84. The van der Waals surface area contributed by atoms with Crippen molar-refractivity contribution in [2.24, 2.45) is 0 Å². The molecule has 12 heteroatoms. The number of aryl methyl sites for hydroxylation is 1. The monoisotopic (exact) mass is 595 g/mol. The van der Waals surface area contributed by atoms with Crippen molar-refractivity contribution in [2.75, 3.05) is 7.04 Å². The van der Waals surface area contributed by atoms with Crippen molar-refractivity contribution in [1.82, 2.24) is 10.3 Å². The van der Waals surface area contributed by atoms with E-state index < -0.39 is 41.7 Å². The number of hydrogen-bond donors (Lipinski definition) is 2. The number of ketones is 1. The Bertz CT molecular complexity index is 1520. The van der Waals surface area contributed by atoms with E-state index in [0.717, 1.165) is 11.3 Å². The molecule has 1 aromatic carbocycles. The summed E-state index contributed by atoms with van der Waals surface area (Å²) in [6.07, 6.45) is 5.68. The summed E-state index contributed by atoms with van der Waals surface area (Å²) in [5.74, 6) is -1.18. The summed E-state index contributed by atoms with van der Waals surface area (Å²) in [4.78, 5) is 41.3. The molecule has 0 radical (unpaired) electrons. The van der Waals surface area contributed by atoms with Crippen LogP contribution in [0, 0.1) is 5.82 Å². The summed E-state index contributed by atoms with van der Waals surface area (Å²) >= 11 is 4.19. The molecule has 0 aliphatic rings. The fourth-order valence-corrected chi connectivity index (χ4v) is 4.14. The van der Waals surface area contributed by atoms with E-state index in [1.165, 1.54) is 49.7 Å². The number of ether oxygens (including phenoxy) is 2. The first-order valence-electron chi connectivity index (χ1n) is 12.1. The number of unbranched alkanes of at least 4 members (excludes halogenated alkanes) is 1. The highest BCUT2D eigenvalue weighted by Crippen LogP contribution is 2.30. The Labute approximate surface area is 227 Å². The van der Waals surface area contributed by atoms with Gasteiger partial charge in [-0.15, -0.1) is 0 Å². The lowest BCUT2D eigenvalue weighted by atomic mass is 10.0. The SMILES string of the molecule is [2H]C([2H])([2H])OC(=O)N/C=C/CCCc1cc(O)c(C(=O)C(C)=Cc2cnc(Oc3ccc(F)c(Br)c3)s2)c(=O)o1. The van der Waals surface area contributed by atoms with Crippen molar-refractivity contribution in [3.05, 3.63) is 85.2 Å². The van der Waals surface area contributed by atoms with Crippen LogP contribution in [0.15, 0.2) is 62.0 Å². The summed E-state index contributed by atoms with van der Waals surface area (Å²) in [7, 11) is -2.84. The largest absolute Gasteiger partial charge is 0.507 e. The molecule has 0 fully saturated rings. The summed E-state index contributed by atoms with van der Waals surface area (Å²) < 4.78 is 49.0. The van der Waals surface area contributed by atoms with E-state index in [9.17, 15) is 23.9 Å². The van der Waals surface area contributed by atoms with Gasteiger partial charge >= 0.3 is 11.7 Å². The maximum atomic E-state index is 13.4. The molecule has 0 bridgehead atoms. The Morgan fingerprint density at radius 1 is 1.38 bits per heavy atom. The number of alkyl carbamates (subject to hydrolysis) is 1. The number of Topliss-reactive ketones (excluding diaryl/α,β-unsaturated/α-hetero) is 1. The van der Waals surface area contributed by atoms with Gasteiger partial charge in [0.05, 0.1) is 20.5 Å². The van der Waals surface area contributed by atoms with Gasteiger partial charge in [0, 0.05) is 24.9 Å². The Morgan fingerprint density at radius 2 is 2.19 bits per heavy atom. The minimum Gasteiger partial charge on any atom is -0.507 e. The molecule has 2 aromatic heterocycles. The lowest BCUT2D eigenvalue weighted by Gasteiger charge is -2.05. The molecule has 0 saturated carbocycles. The first-order valence-corrected chi connectivity index (χ1v) is 12.3. The molecule has 0 saturated heterocycles. The highest BCUT2D eigenvalue weighted by Gasteiger charge is 2.21. The number of nitrogens with one attached hydrogen (secondary N) is 1. The van der Waals surface area contributed by atoms with Crippen LogP contribution >= 0.6 is 27.3 Å². The Hall–Kier alpha value is -3.77. The number of nitrogens with zero attached hydrogens (tertiary/aromatic N) is 1. The molecule has 3 rings (SSSR count). The van der Waals surface area contributed by atoms with Crippen LogP contribution in [0.5, 0.6) is 16.7 Å². The van der Waals surface area contributed by atoms with Crippen LogP contribution in [-0.4, -0.2) is 29.0 Å². The van der Waals surface area contributed by atoms with E-state index >= 15 is 0 Å². The number of aromatic hydroxyl groups is 1. The fourth-order valence-electron chi connectivity index (χ4n) is 3.00. The van der Waals surface area contributed by atoms with Crippen LogP contribution in [0.1, 0.15) is 44.9 Å². The zero-order valence-electron chi connectivity index (χ0n) is 22.2. The number of allylic oxidation sites excluding steroid dienone is 2. The average molecular weight is 596 g/mol. The number of thiazole rings is 1. The van der Waals surface area contributed by atoms with Crippen LogP contribution in [-0.2, 0) is 11.2 Å². The van der Waals surface area contributed by atoms with Crippen molar-refractivity contribution in [1.29, 1.82) is 0 Å². The first-order chi connectivity index (χ1) is 18.8. The molecule has 194 valence electrons. The zero-order valence-corrected chi connectivity index (χ0v) is 21.7. The van der Waals surface area contributed by atoms with Gasteiger partial charge in [0.15, 0.2) is 5.78 Å². The van der Waals surface area contributed by atoms with Crippen LogP contribution in [0.4, 0.5) is 9.18 Å². The van der Waals surface area contributed by atoms with Gasteiger partial charge in [0.2, 0.25) is 0 Å².